The highest BCUT2D eigenvalue weighted by Gasteiger charge is 2.09. The van der Waals surface area contributed by atoms with Gasteiger partial charge in [-0.05, 0) is 35.9 Å². The second-order valence-corrected chi connectivity index (χ2v) is 4.30. The van der Waals surface area contributed by atoms with Gasteiger partial charge in [-0.15, -0.1) is 5.11 Å². The molecule has 112 valence electrons. The Bertz CT molecular complexity index is 724. The first kappa shape index (κ1) is 15.2. The number of azo groups is 1. The lowest BCUT2D eigenvalue weighted by Crippen LogP contribution is -1.88. The number of carboxylic acids is 1. The van der Waals surface area contributed by atoms with Crippen molar-refractivity contribution in [2.45, 2.75) is 0 Å². The molecular formula is C16H14N2O4. The molecule has 0 aromatic heterocycles. The average Bonchev–Trinajstić information content (AvgIpc) is 2.53. The number of hydrogen-bond donors (Lipinski definition) is 2. The van der Waals surface area contributed by atoms with Gasteiger partial charge in [-0.2, -0.15) is 5.11 Å². The molecule has 6 nitrogen and oxygen atoms in total. The minimum Gasteiger partial charge on any atom is -0.503 e. The number of aliphatic carboxylic acids is 1. The predicted octanol–water partition coefficient (Wildman–Crippen LogP) is 3.91. The van der Waals surface area contributed by atoms with Gasteiger partial charge < -0.3 is 14.9 Å². The summed E-state index contributed by atoms with van der Waals surface area (Å²) in [6, 6.07) is 12.1. The lowest BCUT2D eigenvalue weighted by atomic mass is 10.1. The van der Waals surface area contributed by atoms with Gasteiger partial charge in [-0.1, -0.05) is 18.2 Å². The Hall–Kier alpha value is -3.15. The van der Waals surface area contributed by atoms with Crippen molar-refractivity contribution in [3.05, 3.63) is 54.1 Å². The average molecular weight is 298 g/mol. The normalized spacial score (nSPS) is 11.1. The van der Waals surface area contributed by atoms with Crippen molar-refractivity contribution in [2.24, 2.45) is 10.2 Å². The highest BCUT2D eigenvalue weighted by atomic mass is 16.5. The molecule has 2 rings (SSSR count). The van der Waals surface area contributed by atoms with Crippen molar-refractivity contribution in [2.75, 3.05) is 7.11 Å². The van der Waals surface area contributed by atoms with Crippen LogP contribution in [0.3, 0.4) is 0 Å². The van der Waals surface area contributed by atoms with Gasteiger partial charge in [-0.25, -0.2) is 4.79 Å². The first-order chi connectivity index (χ1) is 10.6. The van der Waals surface area contributed by atoms with E-state index in [4.69, 9.17) is 9.84 Å². The second kappa shape index (κ2) is 7.03. The summed E-state index contributed by atoms with van der Waals surface area (Å²) in [5.41, 5.74) is 1.35. The van der Waals surface area contributed by atoms with Crippen LogP contribution in [-0.4, -0.2) is 23.3 Å². The van der Waals surface area contributed by atoms with Crippen LogP contribution in [0, 0.1) is 0 Å². The number of phenolic OH excluding ortho intramolecular Hbond substituents is 1. The molecular weight excluding hydrogens is 284 g/mol. The number of rotatable bonds is 5. The third-order valence-electron chi connectivity index (χ3n) is 2.74. The van der Waals surface area contributed by atoms with Crippen LogP contribution in [0.25, 0.3) is 6.08 Å². The second-order valence-electron chi connectivity index (χ2n) is 4.30. The number of carboxylic acid groups (broad SMARTS) is 1. The van der Waals surface area contributed by atoms with E-state index in [9.17, 15) is 9.90 Å². The Kier molecular flexibility index (Phi) is 4.87. The fourth-order valence-electron chi connectivity index (χ4n) is 1.72. The maximum atomic E-state index is 10.6. The summed E-state index contributed by atoms with van der Waals surface area (Å²) in [5.74, 6) is -1.04. The lowest BCUT2D eigenvalue weighted by Gasteiger charge is -2.07. The van der Waals surface area contributed by atoms with E-state index in [0.29, 0.717) is 11.3 Å². The molecule has 0 amide bonds. The standard InChI is InChI=1S/C16H14N2O4/c1-22-14-10-11(7-8-15(19)20)9-13(16(14)21)18-17-12-5-3-2-4-6-12/h2-10,21H,1H3,(H,19,20). The molecule has 22 heavy (non-hydrogen) atoms. The minimum atomic E-state index is -1.07. The fourth-order valence-corrected chi connectivity index (χ4v) is 1.72. The predicted molar refractivity (Wildman–Crippen MR) is 81.9 cm³/mol. The van der Waals surface area contributed by atoms with Crippen LogP contribution in [0.1, 0.15) is 5.56 Å². The Balaban J connectivity index is 2.39. The molecule has 0 bridgehead atoms. The highest BCUT2D eigenvalue weighted by molar-refractivity contribution is 5.85. The Morgan fingerprint density at radius 3 is 2.55 bits per heavy atom. The molecule has 0 atom stereocenters. The van der Waals surface area contributed by atoms with Crippen LogP contribution in [0.5, 0.6) is 11.5 Å². The van der Waals surface area contributed by atoms with Crippen molar-refractivity contribution in [3.8, 4) is 11.5 Å². The molecule has 0 saturated heterocycles. The third-order valence-corrected chi connectivity index (χ3v) is 2.74. The largest absolute Gasteiger partial charge is 0.503 e. The van der Waals surface area contributed by atoms with E-state index < -0.39 is 5.97 Å². The van der Waals surface area contributed by atoms with E-state index in [1.165, 1.54) is 25.3 Å². The van der Waals surface area contributed by atoms with Crippen molar-refractivity contribution in [3.63, 3.8) is 0 Å². The number of nitrogens with zero attached hydrogens (tertiary/aromatic N) is 2. The third kappa shape index (κ3) is 3.92. The quantitative estimate of drug-likeness (QED) is 0.646. The maximum absolute atomic E-state index is 10.6. The van der Waals surface area contributed by atoms with Crippen molar-refractivity contribution >= 4 is 23.4 Å². The van der Waals surface area contributed by atoms with Crippen molar-refractivity contribution in [1.82, 2.24) is 0 Å². The number of ether oxygens (including phenoxy) is 1. The topological polar surface area (TPSA) is 91.5 Å². The van der Waals surface area contributed by atoms with E-state index >= 15 is 0 Å². The van der Waals surface area contributed by atoms with Gasteiger partial charge in [0.2, 0.25) is 0 Å². The van der Waals surface area contributed by atoms with Gasteiger partial charge in [0.15, 0.2) is 11.5 Å². The molecule has 2 aromatic rings. The van der Waals surface area contributed by atoms with Gasteiger partial charge in [0.25, 0.3) is 0 Å². The summed E-state index contributed by atoms with van der Waals surface area (Å²) in [6.45, 7) is 0. The van der Waals surface area contributed by atoms with Gasteiger partial charge in [0.05, 0.1) is 12.8 Å². The molecule has 0 fully saturated rings. The minimum absolute atomic E-state index is 0.158. The summed E-state index contributed by atoms with van der Waals surface area (Å²) in [4.78, 5) is 10.6. The summed E-state index contributed by atoms with van der Waals surface area (Å²) >= 11 is 0. The molecule has 0 radical (unpaired) electrons. The Morgan fingerprint density at radius 1 is 1.18 bits per heavy atom. The summed E-state index contributed by atoms with van der Waals surface area (Å²) in [6.07, 6.45) is 2.37. The zero-order valence-electron chi connectivity index (χ0n) is 11.8. The van der Waals surface area contributed by atoms with Gasteiger partial charge in [0, 0.05) is 6.08 Å². The van der Waals surface area contributed by atoms with E-state index in [-0.39, 0.29) is 17.2 Å². The Labute approximate surface area is 127 Å². The zero-order valence-corrected chi connectivity index (χ0v) is 11.8. The molecule has 2 aromatic carbocycles. The smallest absolute Gasteiger partial charge is 0.328 e. The number of phenols is 1. The number of hydrogen-bond acceptors (Lipinski definition) is 5. The van der Waals surface area contributed by atoms with Crippen LogP contribution in [0.4, 0.5) is 11.4 Å². The molecule has 0 saturated carbocycles. The van der Waals surface area contributed by atoms with E-state index in [1.807, 2.05) is 18.2 Å². The molecule has 0 aliphatic carbocycles. The maximum Gasteiger partial charge on any atom is 0.328 e. The van der Waals surface area contributed by atoms with E-state index in [0.717, 1.165) is 6.08 Å². The first-order valence-electron chi connectivity index (χ1n) is 6.39. The molecule has 0 unspecified atom stereocenters. The van der Waals surface area contributed by atoms with Crippen LogP contribution >= 0.6 is 0 Å². The SMILES string of the molecule is COc1cc(C=CC(=O)O)cc(N=Nc2ccccc2)c1O. The molecule has 0 aliphatic rings. The number of carbonyl (C=O) groups is 1. The molecule has 0 spiro atoms. The molecule has 0 aliphatic heterocycles. The molecule has 2 N–H and O–H groups in total. The first-order valence-corrected chi connectivity index (χ1v) is 6.39. The van der Waals surface area contributed by atoms with Crippen molar-refractivity contribution < 1.29 is 19.7 Å². The van der Waals surface area contributed by atoms with Crippen LogP contribution in [-0.2, 0) is 4.79 Å². The van der Waals surface area contributed by atoms with E-state index in [2.05, 4.69) is 10.2 Å². The number of aromatic hydroxyl groups is 1. The summed E-state index contributed by atoms with van der Waals surface area (Å²) in [7, 11) is 1.40. The lowest BCUT2D eigenvalue weighted by molar-refractivity contribution is -0.131. The van der Waals surface area contributed by atoms with E-state index in [1.54, 1.807) is 12.1 Å². The number of methoxy groups -OCH3 is 1. The van der Waals surface area contributed by atoms with Crippen LogP contribution in [0.2, 0.25) is 0 Å². The van der Waals surface area contributed by atoms with Crippen molar-refractivity contribution in [1.29, 1.82) is 0 Å². The Morgan fingerprint density at radius 2 is 1.91 bits per heavy atom. The van der Waals surface area contributed by atoms with Crippen LogP contribution in [0.15, 0.2) is 58.8 Å². The monoisotopic (exact) mass is 298 g/mol. The molecule has 6 heteroatoms. The highest BCUT2D eigenvalue weighted by Crippen LogP contribution is 2.38. The zero-order chi connectivity index (χ0) is 15.9. The van der Waals surface area contributed by atoms with Crippen LogP contribution < -0.4 is 4.74 Å². The fraction of sp³-hybridized carbons (Fsp3) is 0.0625. The molecule has 0 heterocycles. The number of benzene rings is 2. The van der Waals surface area contributed by atoms with Gasteiger partial charge >= 0.3 is 5.97 Å². The summed E-state index contributed by atoms with van der Waals surface area (Å²) < 4.78 is 5.05. The van der Waals surface area contributed by atoms with Gasteiger partial charge in [0.1, 0.15) is 5.69 Å². The summed E-state index contributed by atoms with van der Waals surface area (Å²) in [5, 5.41) is 26.7. The van der Waals surface area contributed by atoms with Gasteiger partial charge in [-0.3, -0.25) is 0 Å².